The Balaban J connectivity index is 1.38. The first-order valence-electron chi connectivity index (χ1n) is 11.5. The van der Waals surface area contributed by atoms with Crippen molar-refractivity contribution in [3.05, 3.63) is 0 Å². The Bertz CT molecular complexity index is 483. The van der Waals surface area contributed by atoms with Gasteiger partial charge in [-0.05, 0) is 38.5 Å². The third kappa shape index (κ3) is 3.65. The van der Waals surface area contributed by atoms with Gasteiger partial charge in [-0.2, -0.15) is 0 Å². The quantitative estimate of drug-likeness (QED) is 0.741. The van der Waals surface area contributed by atoms with Crippen molar-refractivity contribution < 1.29 is 29.2 Å². The molecule has 6 heteroatoms. The van der Waals surface area contributed by atoms with E-state index >= 15 is 0 Å². The predicted molar refractivity (Wildman–Crippen MR) is 104 cm³/mol. The molecule has 4 rings (SSSR count). The fraction of sp³-hybridized carbons (Fsp3) is 1.00. The van der Waals surface area contributed by atoms with E-state index in [9.17, 15) is 10.2 Å². The topological polar surface area (TPSA) is 77.4 Å². The van der Waals surface area contributed by atoms with Crippen LogP contribution in [0.25, 0.3) is 0 Å². The molecule has 0 bridgehead atoms. The van der Waals surface area contributed by atoms with Crippen LogP contribution in [-0.4, -0.2) is 59.4 Å². The third-order valence-electron chi connectivity index (χ3n) is 7.68. The molecule has 0 aromatic carbocycles. The molecule has 0 radical (unpaired) electrons. The molecular weight excluding hydrogens is 360 g/mol. The van der Waals surface area contributed by atoms with Crippen molar-refractivity contribution >= 4 is 0 Å². The molecule has 4 aliphatic rings. The van der Waals surface area contributed by atoms with E-state index in [-0.39, 0.29) is 0 Å². The van der Waals surface area contributed by atoms with Gasteiger partial charge in [-0.25, -0.2) is 0 Å². The van der Waals surface area contributed by atoms with Gasteiger partial charge in [0.15, 0.2) is 11.6 Å². The summed E-state index contributed by atoms with van der Waals surface area (Å²) >= 11 is 0. The lowest BCUT2D eigenvalue weighted by Crippen LogP contribution is -2.49. The van der Waals surface area contributed by atoms with Crippen LogP contribution in [0.5, 0.6) is 0 Å². The van der Waals surface area contributed by atoms with Crippen LogP contribution < -0.4 is 0 Å². The van der Waals surface area contributed by atoms with E-state index < -0.39 is 36.0 Å². The maximum absolute atomic E-state index is 10.9. The fourth-order valence-corrected chi connectivity index (χ4v) is 5.96. The molecule has 4 unspecified atom stereocenters. The maximum atomic E-state index is 10.9. The largest absolute Gasteiger partial charge is 0.387 e. The molecule has 0 aromatic rings. The van der Waals surface area contributed by atoms with Crippen molar-refractivity contribution in [3.63, 3.8) is 0 Å². The molecule has 6 nitrogen and oxygen atoms in total. The number of ether oxygens (including phenoxy) is 4. The van der Waals surface area contributed by atoms with E-state index in [0.717, 1.165) is 51.4 Å². The first-order chi connectivity index (χ1) is 13.5. The second kappa shape index (κ2) is 8.48. The molecule has 162 valence electrons. The number of aliphatic hydroxyl groups is 2. The van der Waals surface area contributed by atoms with Gasteiger partial charge in [-0.1, -0.05) is 26.7 Å². The van der Waals surface area contributed by atoms with E-state index in [0.29, 0.717) is 25.0 Å². The minimum Gasteiger partial charge on any atom is -0.387 e. The summed E-state index contributed by atoms with van der Waals surface area (Å²) in [5, 5.41) is 21.7. The fourth-order valence-electron chi connectivity index (χ4n) is 5.96. The van der Waals surface area contributed by atoms with Gasteiger partial charge >= 0.3 is 0 Å². The van der Waals surface area contributed by atoms with Gasteiger partial charge in [0.2, 0.25) is 0 Å². The SMILES string of the molecule is CCC1CCCCC12OC[C@@H]([C@H](O)[C@@H](O)[C@@H]1COC3(CCCCC3CC)O1)O2. The van der Waals surface area contributed by atoms with Crippen molar-refractivity contribution in [1.82, 2.24) is 0 Å². The normalized spacial score (nSPS) is 46.3. The van der Waals surface area contributed by atoms with Crippen LogP contribution in [0.3, 0.4) is 0 Å². The minimum absolute atomic E-state index is 0.324. The van der Waals surface area contributed by atoms with Crippen LogP contribution in [0.15, 0.2) is 0 Å². The molecule has 8 atom stereocenters. The van der Waals surface area contributed by atoms with Gasteiger partial charge < -0.3 is 29.2 Å². The molecule has 2 spiro atoms. The summed E-state index contributed by atoms with van der Waals surface area (Å²) in [7, 11) is 0. The standard InChI is InChI=1S/C22H38O6/c1-3-15-9-5-7-11-21(15)25-13-17(27-21)19(23)20(24)18-14-26-22(28-18)12-8-6-10-16(22)4-2/h15-20,23-24H,3-14H2,1-2H3/t15?,16?,17-,18-,19-,20-,21?,22?/m0/s1. The number of hydrogen-bond donors (Lipinski definition) is 2. The molecule has 2 saturated heterocycles. The van der Waals surface area contributed by atoms with Crippen LogP contribution in [0, 0.1) is 11.8 Å². The Morgan fingerprint density at radius 2 is 1.18 bits per heavy atom. The summed E-state index contributed by atoms with van der Waals surface area (Å²) < 4.78 is 24.8. The van der Waals surface area contributed by atoms with E-state index in [2.05, 4.69) is 13.8 Å². The zero-order chi connectivity index (χ0) is 19.8. The average molecular weight is 399 g/mol. The summed E-state index contributed by atoms with van der Waals surface area (Å²) in [6.07, 6.45) is 7.43. The molecule has 28 heavy (non-hydrogen) atoms. The molecule has 2 saturated carbocycles. The monoisotopic (exact) mass is 398 g/mol. The maximum Gasteiger partial charge on any atom is 0.171 e. The zero-order valence-corrected chi connectivity index (χ0v) is 17.5. The Hall–Kier alpha value is -0.240. The van der Waals surface area contributed by atoms with Crippen molar-refractivity contribution in [3.8, 4) is 0 Å². The molecule has 4 fully saturated rings. The zero-order valence-electron chi connectivity index (χ0n) is 17.5. The van der Waals surface area contributed by atoms with E-state index in [1.807, 2.05) is 0 Å². The molecule has 0 amide bonds. The van der Waals surface area contributed by atoms with E-state index in [4.69, 9.17) is 18.9 Å². The lowest BCUT2D eigenvalue weighted by atomic mass is 9.81. The Morgan fingerprint density at radius 3 is 1.57 bits per heavy atom. The second-order valence-corrected chi connectivity index (χ2v) is 9.24. The lowest BCUT2D eigenvalue weighted by molar-refractivity contribution is -0.244. The van der Waals surface area contributed by atoms with Crippen LogP contribution >= 0.6 is 0 Å². The number of rotatable bonds is 5. The van der Waals surface area contributed by atoms with E-state index in [1.165, 1.54) is 12.8 Å². The molecule has 2 N–H and O–H groups in total. The van der Waals surface area contributed by atoms with Crippen molar-refractivity contribution in [2.24, 2.45) is 11.8 Å². The Kier molecular flexibility index (Phi) is 6.36. The number of aliphatic hydroxyl groups excluding tert-OH is 2. The van der Waals surface area contributed by atoms with Gasteiger partial charge in [0.1, 0.15) is 24.4 Å². The molecule has 0 aromatic heterocycles. The number of hydrogen-bond acceptors (Lipinski definition) is 6. The van der Waals surface area contributed by atoms with Crippen LogP contribution in [0.2, 0.25) is 0 Å². The summed E-state index contributed by atoms with van der Waals surface area (Å²) in [6, 6.07) is 0. The van der Waals surface area contributed by atoms with Crippen molar-refractivity contribution in [1.29, 1.82) is 0 Å². The summed E-state index contributed by atoms with van der Waals surface area (Å²) in [4.78, 5) is 0. The van der Waals surface area contributed by atoms with Gasteiger partial charge in [-0.15, -0.1) is 0 Å². The smallest absolute Gasteiger partial charge is 0.171 e. The highest BCUT2D eigenvalue weighted by molar-refractivity contribution is 4.96. The highest BCUT2D eigenvalue weighted by Crippen LogP contribution is 2.46. The molecule has 2 aliphatic carbocycles. The highest BCUT2D eigenvalue weighted by Gasteiger charge is 2.54. The van der Waals surface area contributed by atoms with Crippen molar-refractivity contribution in [2.45, 2.75) is 114 Å². The summed E-state index contributed by atoms with van der Waals surface area (Å²) in [5.74, 6) is -0.443. The van der Waals surface area contributed by atoms with Crippen molar-refractivity contribution in [2.75, 3.05) is 13.2 Å². The highest BCUT2D eigenvalue weighted by atomic mass is 16.8. The van der Waals surface area contributed by atoms with Gasteiger partial charge in [0.25, 0.3) is 0 Å². The van der Waals surface area contributed by atoms with Crippen LogP contribution in [-0.2, 0) is 18.9 Å². The van der Waals surface area contributed by atoms with Crippen LogP contribution in [0.1, 0.15) is 78.1 Å². The van der Waals surface area contributed by atoms with E-state index in [1.54, 1.807) is 0 Å². The Labute approximate surface area is 168 Å². The summed E-state index contributed by atoms with van der Waals surface area (Å²) in [6.45, 7) is 4.98. The van der Waals surface area contributed by atoms with Gasteiger partial charge in [0, 0.05) is 24.7 Å². The molecule has 2 heterocycles. The minimum atomic E-state index is -1.04. The first-order valence-corrected chi connectivity index (χ1v) is 11.5. The summed E-state index contributed by atoms with van der Waals surface area (Å²) in [5.41, 5.74) is 0. The molecular formula is C22H38O6. The predicted octanol–water partition coefficient (Wildman–Crippen LogP) is 3.13. The van der Waals surface area contributed by atoms with Gasteiger partial charge in [-0.3, -0.25) is 0 Å². The molecule has 2 aliphatic heterocycles. The van der Waals surface area contributed by atoms with Crippen LogP contribution in [0.4, 0.5) is 0 Å². The average Bonchev–Trinajstić information content (AvgIpc) is 3.33. The lowest BCUT2D eigenvalue weighted by Gasteiger charge is -2.40. The Morgan fingerprint density at radius 1 is 0.750 bits per heavy atom. The second-order valence-electron chi connectivity index (χ2n) is 9.24. The van der Waals surface area contributed by atoms with Gasteiger partial charge in [0.05, 0.1) is 13.2 Å². The first kappa shape index (κ1) is 21.0. The third-order valence-corrected chi connectivity index (χ3v) is 7.68.